The van der Waals surface area contributed by atoms with Gasteiger partial charge in [0.05, 0.1) is 0 Å². The quantitative estimate of drug-likeness (QED) is 0.792. The Balaban J connectivity index is 2.83. The fourth-order valence-corrected chi connectivity index (χ4v) is 3.35. The van der Waals surface area contributed by atoms with Crippen LogP contribution >= 0.6 is 0 Å². The van der Waals surface area contributed by atoms with Crippen molar-refractivity contribution in [3.05, 3.63) is 17.6 Å². The largest absolute Gasteiger partial charge is 0.465 e. The predicted molar refractivity (Wildman–Crippen MR) is 70.9 cm³/mol. The second kappa shape index (κ2) is 6.36. The summed E-state index contributed by atoms with van der Waals surface area (Å²) in [6.45, 7) is 5.73. The molecule has 0 fully saturated rings. The van der Waals surface area contributed by atoms with Crippen LogP contribution in [-0.4, -0.2) is 21.0 Å². The Labute approximate surface area is 109 Å². The number of unbranched alkanes of at least 4 members (excludes halogenated alkanes) is 1. The van der Waals surface area contributed by atoms with Gasteiger partial charge in [0.2, 0.25) is 10.0 Å². The van der Waals surface area contributed by atoms with Crippen LogP contribution in [0.1, 0.15) is 37.7 Å². The zero-order valence-corrected chi connectivity index (χ0v) is 12.0. The maximum Gasteiger partial charge on any atom is 0.244 e. The Kier molecular flexibility index (Phi) is 5.37. The Morgan fingerprint density at radius 1 is 1.44 bits per heavy atom. The minimum absolute atomic E-state index is 0.204. The van der Waals surface area contributed by atoms with E-state index in [-0.39, 0.29) is 10.9 Å². The Hall–Kier alpha value is -0.850. The van der Waals surface area contributed by atoms with Gasteiger partial charge < -0.3 is 10.2 Å². The van der Waals surface area contributed by atoms with E-state index < -0.39 is 10.0 Å². The normalized spacial score (nSPS) is 13.8. The molecule has 0 bridgehead atoms. The number of nitrogens with one attached hydrogen (secondary N) is 1. The van der Waals surface area contributed by atoms with Crippen LogP contribution in [-0.2, 0) is 10.0 Å². The van der Waals surface area contributed by atoms with E-state index >= 15 is 0 Å². The zero-order chi connectivity index (χ0) is 13.8. The second-order valence-corrected chi connectivity index (χ2v) is 6.16. The molecular formula is C12H22N2O3S. The van der Waals surface area contributed by atoms with Crippen molar-refractivity contribution in [2.24, 2.45) is 5.73 Å². The third-order valence-electron chi connectivity index (χ3n) is 2.80. The highest BCUT2D eigenvalue weighted by atomic mass is 32.2. The number of hydrogen-bond acceptors (Lipinski definition) is 4. The molecule has 0 amide bonds. The van der Waals surface area contributed by atoms with Crippen LogP contribution in [0, 0.1) is 13.8 Å². The van der Waals surface area contributed by atoms with Crippen molar-refractivity contribution in [3.63, 3.8) is 0 Å². The molecule has 3 N–H and O–H groups in total. The lowest BCUT2D eigenvalue weighted by molar-refractivity contribution is 0.491. The average Bonchev–Trinajstić information content (AvgIpc) is 2.64. The summed E-state index contributed by atoms with van der Waals surface area (Å²) in [5.41, 5.74) is 5.59. The third-order valence-corrected chi connectivity index (χ3v) is 4.43. The summed E-state index contributed by atoms with van der Waals surface area (Å²) in [7, 11) is -3.54. The van der Waals surface area contributed by atoms with Gasteiger partial charge in [-0.1, -0.05) is 19.8 Å². The lowest BCUT2D eigenvalue weighted by atomic mass is 10.1. The first kappa shape index (κ1) is 15.2. The van der Waals surface area contributed by atoms with Crippen LogP contribution in [0.15, 0.2) is 15.4 Å². The van der Waals surface area contributed by atoms with Crippen molar-refractivity contribution in [1.29, 1.82) is 0 Å². The molecule has 0 saturated heterocycles. The molecule has 0 radical (unpaired) electrons. The van der Waals surface area contributed by atoms with Crippen LogP contribution in [0.4, 0.5) is 0 Å². The average molecular weight is 274 g/mol. The molecule has 1 unspecified atom stereocenters. The summed E-state index contributed by atoms with van der Waals surface area (Å²) in [5.74, 6) is 0.997. The van der Waals surface area contributed by atoms with E-state index in [0.717, 1.165) is 19.3 Å². The van der Waals surface area contributed by atoms with E-state index in [1.54, 1.807) is 13.8 Å². The molecule has 0 saturated carbocycles. The Bertz CT molecular complexity index is 480. The van der Waals surface area contributed by atoms with E-state index in [9.17, 15) is 8.42 Å². The minimum atomic E-state index is -3.54. The summed E-state index contributed by atoms with van der Waals surface area (Å²) >= 11 is 0. The maximum absolute atomic E-state index is 12.2. The maximum atomic E-state index is 12.2. The van der Waals surface area contributed by atoms with Crippen LogP contribution in [0.2, 0.25) is 0 Å². The number of aryl methyl sites for hydroxylation is 2. The molecule has 0 aliphatic heterocycles. The Morgan fingerprint density at radius 2 is 2.11 bits per heavy atom. The molecular weight excluding hydrogens is 252 g/mol. The summed E-state index contributed by atoms with van der Waals surface area (Å²) in [4.78, 5) is 0.204. The number of rotatable bonds is 7. The number of furan rings is 1. The van der Waals surface area contributed by atoms with Gasteiger partial charge in [-0.05, 0) is 26.3 Å². The van der Waals surface area contributed by atoms with E-state index in [4.69, 9.17) is 10.2 Å². The molecule has 1 aromatic heterocycles. The van der Waals surface area contributed by atoms with E-state index in [0.29, 0.717) is 18.1 Å². The first-order valence-corrected chi connectivity index (χ1v) is 7.68. The zero-order valence-electron chi connectivity index (χ0n) is 11.2. The van der Waals surface area contributed by atoms with Gasteiger partial charge >= 0.3 is 0 Å². The van der Waals surface area contributed by atoms with Gasteiger partial charge in [-0.25, -0.2) is 13.1 Å². The fraction of sp³-hybridized carbons (Fsp3) is 0.667. The van der Waals surface area contributed by atoms with Crippen molar-refractivity contribution in [2.45, 2.75) is 51.0 Å². The van der Waals surface area contributed by atoms with Gasteiger partial charge in [-0.3, -0.25) is 0 Å². The molecule has 5 nitrogen and oxygen atoms in total. The van der Waals surface area contributed by atoms with Crippen molar-refractivity contribution in [2.75, 3.05) is 6.54 Å². The van der Waals surface area contributed by atoms with E-state index in [1.165, 1.54) is 6.07 Å². The highest BCUT2D eigenvalue weighted by Crippen LogP contribution is 2.19. The standard InChI is InChI=1S/C12H22N2O3S/c1-4-5-6-11(8-13)14-18(15,16)12-7-9(2)17-10(12)3/h7,11,14H,4-6,8,13H2,1-3H3. The first-order valence-electron chi connectivity index (χ1n) is 6.20. The van der Waals surface area contributed by atoms with Gasteiger partial charge in [0.15, 0.2) is 0 Å². The smallest absolute Gasteiger partial charge is 0.244 e. The van der Waals surface area contributed by atoms with Crippen molar-refractivity contribution in [3.8, 4) is 0 Å². The molecule has 0 spiro atoms. The lowest BCUT2D eigenvalue weighted by Gasteiger charge is -2.16. The highest BCUT2D eigenvalue weighted by Gasteiger charge is 2.23. The van der Waals surface area contributed by atoms with Gasteiger partial charge in [-0.15, -0.1) is 0 Å². The van der Waals surface area contributed by atoms with Crippen molar-refractivity contribution in [1.82, 2.24) is 4.72 Å². The van der Waals surface area contributed by atoms with Crippen LogP contribution in [0.5, 0.6) is 0 Å². The molecule has 6 heteroatoms. The molecule has 104 valence electrons. The lowest BCUT2D eigenvalue weighted by Crippen LogP contribution is -2.40. The summed E-state index contributed by atoms with van der Waals surface area (Å²) in [6, 6.07) is 1.31. The van der Waals surface area contributed by atoms with Crippen LogP contribution in [0.3, 0.4) is 0 Å². The molecule has 0 aliphatic rings. The minimum Gasteiger partial charge on any atom is -0.465 e. The van der Waals surface area contributed by atoms with Crippen LogP contribution < -0.4 is 10.5 Å². The third kappa shape index (κ3) is 3.83. The molecule has 0 aliphatic carbocycles. The van der Waals surface area contributed by atoms with E-state index in [2.05, 4.69) is 11.6 Å². The fourth-order valence-electron chi connectivity index (χ4n) is 1.83. The number of nitrogens with two attached hydrogens (primary N) is 1. The summed E-state index contributed by atoms with van der Waals surface area (Å²) < 4.78 is 32.2. The first-order chi connectivity index (χ1) is 8.40. The molecule has 1 aromatic rings. The molecule has 1 rings (SSSR count). The van der Waals surface area contributed by atoms with Crippen molar-refractivity contribution < 1.29 is 12.8 Å². The molecule has 1 heterocycles. The predicted octanol–water partition coefficient (Wildman–Crippen LogP) is 1.69. The van der Waals surface area contributed by atoms with Gasteiger partial charge in [0.1, 0.15) is 16.4 Å². The highest BCUT2D eigenvalue weighted by molar-refractivity contribution is 7.89. The number of hydrogen-bond donors (Lipinski definition) is 2. The topological polar surface area (TPSA) is 85.3 Å². The Morgan fingerprint density at radius 3 is 2.56 bits per heavy atom. The second-order valence-electron chi connectivity index (χ2n) is 4.47. The van der Waals surface area contributed by atoms with Crippen LogP contribution in [0.25, 0.3) is 0 Å². The van der Waals surface area contributed by atoms with Gasteiger partial charge in [-0.2, -0.15) is 0 Å². The van der Waals surface area contributed by atoms with Crippen molar-refractivity contribution >= 4 is 10.0 Å². The molecule has 0 aromatic carbocycles. The summed E-state index contributed by atoms with van der Waals surface area (Å²) in [5, 5.41) is 0. The molecule has 1 atom stereocenters. The van der Waals surface area contributed by atoms with Gasteiger partial charge in [0, 0.05) is 12.6 Å². The van der Waals surface area contributed by atoms with E-state index in [1.807, 2.05) is 0 Å². The number of sulfonamides is 1. The van der Waals surface area contributed by atoms with Gasteiger partial charge in [0.25, 0.3) is 0 Å². The molecule has 18 heavy (non-hydrogen) atoms. The summed E-state index contributed by atoms with van der Waals surface area (Å²) in [6.07, 6.45) is 2.72. The SMILES string of the molecule is CCCCC(CN)NS(=O)(=O)c1cc(C)oc1C. The monoisotopic (exact) mass is 274 g/mol.